The van der Waals surface area contributed by atoms with Crippen LogP contribution >= 0.6 is 0 Å². The molecule has 0 saturated heterocycles. The van der Waals surface area contributed by atoms with Crippen LogP contribution in [-0.2, 0) is 0 Å². The lowest BCUT2D eigenvalue weighted by molar-refractivity contribution is 1.07. The maximum atomic E-state index is 5.57. The third-order valence-electron chi connectivity index (χ3n) is 20.2. The molecule has 0 aliphatic rings. The summed E-state index contributed by atoms with van der Waals surface area (Å²) in [6.45, 7) is 0. The van der Waals surface area contributed by atoms with Crippen LogP contribution in [0.4, 0.5) is 0 Å². The predicted octanol–water partition coefficient (Wildman–Crippen LogP) is 23.9. The van der Waals surface area contributed by atoms with Gasteiger partial charge in [0.25, 0.3) is 0 Å². The number of hydrogen-bond acceptors (Lipinski definition) is 3. The quantitative estimate of drug-likeness (QED) is 0.130. The topological polar surface area (TPSA) is 58.4 Å². The van der Waals surface area contributed by atoms with E-state index >= 15 is 0 Å². The van der Waals surface area contributed by atoms with Crippen LogP contribution in [0.2, 0.25) is 0 Å². The molecule has 0 amide bonds. The van der Waals surface area contributed by atoms with Crippen LogP contribution in [0.1, 0.15) is 0 Å². The van der Waals surface area contributed by atoms with Crippen molar-refractivity contribution in [1.29, 1.82) is 0 Å². The molecule has 0 aliphatic carbocycles. The predicted molar refractivity (Wildman–Crippen MR) is 415 cm³/mol. The van der Waals surface area contributed by atoms with Gasteiger partial charge in [0.2, 0.25) is 0 Å². The Morgan fingerprint density at radius 2 is 0.430 bits per heavy atom. The standard InChI is InChI=1S/C93H59N7/c1-5-23-60(24-6-1)62-43-48-73(61-25-7-2-8-26-61)82(59-62)93-95-91(67-27-21-33-71(53-67)99-85-41-19-15-37-76(85)80-57-65(46-51-89(80)99)63-44-49-87-78(55-63)74-35-13-17-39-83(74)97(87)69-29-9-3-10-30-69)94-92(96-93)68-28-22-34-72(54-68)100-86-42-20-16-38-77(86)81-58-66(47-52-90(81)100)64-45-50-88-79(56-64)75-36-14-18-40-84(75)98(88)70-31-11-4-12-32-70/h1-59H. The van der Waals surface area contributed by atoms with Gasteiger partial charge in [-0.2, -0.15) is 0 Å². The summed E-state index contributed by atoms with van der Waals surface area (Å²) in [5.74, 6) is 1.71. The Labute approximate surface area is 576 Å². The fraction of sp³-hybridized carbons (Fsp3) is 0. The van der Waals surface area contributed by atoms with Gasteiger partial charge in [-0.15, -0.1) is 0 Å². The van der Waals surface area contributed by atoms with Crippen molar-refractivity contribution < 1.29 is 0 Å². The van der Waals surface area contributed by atoms with E-state index in [0.717, 1.165) is 94.9 Å². The average molecular weight is 1270 g/mol. The van der Waals surface area contributed by atoms with Crippen molar-refractivity contribution >= 4 is 87.2 Å². The monoisotopic (exact) mass is 1270 g/mol. The molecule has 0 spiro atoms. The van der Waals surface area contributed by atoms with Crippen LogP contribution in [0.3, 0.4) is 0 Å². The number of para-hydroxylation sites is 6. The molecule has 0 aliphatic heterocycles. The van der Waals surface area contributed by atoms with E-state index in [0.29, 0.717) is 17.5 Å². The zero-order valence-electron chi connectivity index (χ0n) is 54.2. The van der Waals surface area contributed by atoms with Gasteiger partial charge in [-0.3, -0.25) is 0 Å². The summed E-state index contributed by atoms with van der Waals surface area (Å²) in [6, 6.07) is 129. The number of aromatic nitrogens is 7. The summed E-state index contributed by atoms with van der Waals surface area (Å²) in [7, 11) is 0. The van der Waals surface area contributed by atoms with E-state index in [9.17, 15) is 0 Å². The first-order valence-electron chi connectivity index (χ1n) is 34.1. The molecule has 0 radical (unpaired) electrons. The molecule has 0 atom stereocenters. The molecule has 15 aromatic carbocycles. The van der Waals surface area contributed by atoms with Crippen LogP contribution < -0.4 is 0 Å². The number of nitrogens with zero attached hydrogens (tertiary/aromatic N) is 7. The van der Waals surface area contributed by atoms with Gasteiger partial charge < -0.3 is 18.3 Å². The van der Waals surface area contributed by atoms with Crippen molar-refractivity contribution in [2.45, 2.75) is 0 Å². The minimum Gasteiger partial charge on any atom is -0.309 e. The SMILES string of the molecule is c1ccc(-c2ccc(-c3ccccc3)c(-c3nc(-c4cccc(-n5c6ccccc6c6cc(-c7ccc8c(c7)c7ccccc7n8-c7ccccc7)ccc65)c4)nc(-c4cccc(-n5c6ccccc6c6cc(-c7ccc8c(c7)c7ccccc7n8-c7ccccc7)ccc65)c4)n3)c2)cc1. The first-order chi connectivity index (χ1) is 49.6. The van der Waals surface area contributed by atoms with E-state index in [1.165, 1.54) is 76.3 Å². The minimum absolute atomic E-state index is 0.565. The highest BCUT2D eigenvalue weighted by Crippen LogP contribution is 2.43. The number of benzene rings is 15. The molecule has 20 aromatic rings. The Kier molecular flexibility index (Phi) is 13.1. The summed E-state index contributed by atoms with van der Waals surface area (Å²) in [6.07, 6.45) is 0. The Morgan fingerprint density at radius 1 is 0.150 bits per heavy atom. The van der Waals surface area contributed by atoms with Gasteiger partial charge in [-0.1, -0.05) is 231 Å². The van der Waals surface area contributed by atoms with Gasteiger partial charge in [-0.25, -0.2) is 15.0 Å². The molecule has 0 fully saturated rings. The lowest BCUT2D eigenvalue weighted by Crippen LogP contribution is -2.03. The molecular weight excluding hydrogens is 1220 g/mol. The van der Waals surface area contributed by atoms with E-state index in [1.54, 1.807) is 0 Å². The molecule has 0 N–H and O–H groups in total. The molecule has 466 valence electrons. The van der Waals surface area contributed by atoms with Crippen LogP contribution in [0.25, 0.3) is 189 Å². The zero-order valence-corrected chi connectivity index (χ0v) is 54.2. The number of hydrogen-bond donors (Lipinski definition) is 0. The molecule has 5 aromatic heterocycles. The van der Waals surface area contributed by atoms with Crippen molar-refractivity contribution in [2.75, 3.05) is 0 Å². The average Bonchev–Trinajstić information content (AvgIpc) is 1.59. The summed E-state index contributed by atoms with van der Waals surface area (Å²) in [5, 5.41) is 9.60. The van der Waals surface area contributed by atoms with E-state index < -0.39 is 0 Å². The largest absolute Gasteiger partial charge is 0.309 e. The van der Waals surface area contributed by atoms with E-state index in [2.05, 4.69) is 376 Å². The minimum atomic E-state index is 0.565. The maximum absolute atomic E-state index is 5.57. The molecule has 7 nitrogen and oxygen atoms in total. The fourth-order valence-corrected chi connectivity index (χ4v) is 15.6. The number of rotatable bonds is 11. The highest BCUT2D eigenvalue weighted by Gasteiger charge is 2.23. The van der Waals surface area contributed by atoms with E-state index in [1.807, 2.05) is 0 Å². The number of fused-ring (bicyclic) bond motifs is 12. The van der Waals surface area contributed by atoms with Crippen molar-refractivity contribution in [3.63, 3.8) is 0 Å². The molecular formula is C93H59N7. The van der Waals surface area contributed by atoms with Gasteiger partial charge in [0, 0.05) is 82.5 Å². The van der Waals surface area contributed by atoms with Gasteiger partial charge in [0.05, 0.1) is 44.1 Å². The third kappa shape index (κ3) is 9.32. The summed E-state index contributed by atoms with van der Waals surface area (Å²) in [5.41, 5.74) is 25.0. The first-order valence-corrected chi connectivity index (χ1v) is 34.1. The Bertz CT molecular complexity index is 6300. The van der Waals surface area contributed by atoms with Crippen LogP contribution in [-0.4, -0.2) is 33.2 Å². The zero-order chi connectivity index (χ0) is 65.8. The maximum Gasteiger partial charge on any atom is 0.164 e. The molecule has 0 saturated carbocycles. The van der Waals surface area contributed by atoms with Crippen molar-refractivity contribution in [3.8, 4) is 101 Å². The molecule has 7 heteroatoms. The molecule has 20 rings (SSSR count). The molecule has 0 bridgehead atoms. The summed E-state index contributed by atoms with van der Waals surface area (Å²) in [4.78, 5) is 16.7. The highest BCUT2D eigenvalue weighted by atomic mass is 15.0. The lowest BCUT2D eigenvalue weighted by atomic mass is 9.94. The lowest BCUT2D eigenvalue weighted by Gasteiger charge is -2.15. The summed E-state index contributed by atoms with van der Waals surface area (Å²) < 4.78 is 9.52. The van der Waals surface area contributed by atoms with Crippen molar-refractivity contribution in [3.05, 3.63) is 358 Å². The molecule has 100 heavy (non-hydrogen) atoms. The van der Waals surface area contributed by atoms with E-state index in [4.69, 9.17) is 15.0 Å². The fourth-order valence-electron chi connectivity index (χ4n) is 15.6. The van der Waals surface area contributed by atoms with Crippen LogP contribution in [0.5, 0.6) is 0 Å². The second-order valence-corrected chi connectivity index (χ2v) is 25.9. The third-order valence-corrected chi connectivity index (χ3v) is 20.2. The van der Waals surface area contributed by atoms with Gasteiger partial charge >= 0.3 is 0 Å². The molecule has 0 unspecified atom stereocenters. The Morgan fingerprint density at radius 3 is 0.820 bits per heavy atom. The second-order valence-electron chi connectivity index (χ2n) is 25.9. The normalized spacial score (nSPS) is 11.8. The van der Waals surface area contributed by atoms with Crippen LogP contribution in [0.15, 0.2) is 358 Å². The Balaban J connectivity index is 0.726. The second kappa shape index (κ2) is 23.1. The first kappa shape index (κ1) is 56.8. The highest BCUT2D eigenvalue weighted by molar-refractivity contribution is 6.15. The smallest absolute Gasteiger partial charge is 0.164 e. The van der Waals surface area contributed by atoms with Crippen molar-refractivity contribution in [1.82, 2.24) is 33.2 Å². The van der Waals surface area contributed by atoms with Gasteiger partial charge in [-0.05, 0) is 172 Å². The van der Waals surface area contributed by atoms with Crippen molar-refractivity contribution in [2.24, 2.45) is 0 Å². The van der Waals surface area contributed by atoms with E-state index in [-0.39, 0.29) is 0 Å². The molecule has 5 heterocycles. The van der Waals surface area contributed by atoms with Crippen LogP contribution in [0, 0.1) is 0 Å². The summed E-state index contributed by atoms with van der Waals surface area (Å²) >= 11 is 0. The van der Waals surface area contributed by atoms with Gasteiger partial charge in [0.1, 0.15) is 0 Å². The van der Waals surface area contributed by atoms with Gasteiger partial charge in [0.15, 0.2) is 17.5 Å². The Hall–Kier alpha value is -13.5.